The molecule has 1 aliphatic heterocycles. The van der Waals surface area contributed by atoms with E-state index in [1.54, 1.807) is 23.3 Å². The van der Waals surface area contributed by atoms with E-state index in [2.05, 4.69) is 24.1 Å². The van der Waals surface area contributed by atoms with Crippen molar-refractivity contribution in [2.24, 2.45) is 0 Å². The van der Waals surface area contributed by atoms with Gasteiger partial charge in [0.25, 0.3) is 5.91 Å². The average Bonchev–Trinajstić information content (AvgIpc) is 3.27. The van der Waals surface area contributed by atoms with Crippen LogP contribution >= 0.6 is 11.3 Å². The Morgan fingerprint density at radius 2 is 1.97 bits per heavy atom. The first-order valence-electron chi connectivity index (χ1n) is 10.5. The zero-order chi connectivity index (χ0) is 20.8. The molecule has 1 aromatic carbocycles. The van der Waals surface area contributed by atoms with Gasteiger partial charge in [0.1, 0.15) is 0 Å². The molecule has 5 nitrogen and oxygen atoms in total. The summed E-state index contributed by atoms with van der Waals surface area (Å²) in [5.41, 5.74) is 1.45. The molecule has 6 heteroatoms. The maximum absolute atomic E-state index is 13.3. The van der Waals surface area contributed by atoms with E-state index in [4.69, 9.17) is 0 Å². The summed E-state index contributed by atoms with van der Waals surface area (Å²) in [4.78, 5) is 31.4. The van der Waals surface area contributed by atoms with Crippen LogP contribution in [0.3, 0.4) is 0 Å². The van der Waals surface area contributed by atoms with Gasteiger partial charge >= 0.3 is 0 Å². The number of hydrogen-bond donors (Lipinski definition) is 1. The Hall–Kier alpha value is -2.18. The summed E-state index contributed by atoms with van der Waals surface area (Å²) in [5, 5.41) is 5.14. The van der Waals surface area contributed by atoms with Crippen LogP contribution in [0.25, 0.3) is 0 Å². The predicted octanol–water partition coefficient (Wildman–Crippen LogP) is 3.90. The Morgan fingerprint density at radius 1 is 1.17 bits per heavy atom. The van der Waals surface area contributed by atoms with Gasteiger partial charge < -0.3 is 15.1 Å². The van der Waals surface area contributed by atoms with Gasteiger partial charge in [-0.05, 0) is 42.6 Å². The van der Waals surface area contributed by atoms with Crippen LogP contribution in [-0.4, -0.2) is 54.8 Å². The Labute approximate surface area is 177 Å². The first-order valence-corrected chi connectivity index (χ1v) is 11.4. The van der Waals surface area contributed by atoms with Gasteiger partial charge in [-0.25, -0.2) is 0 Å². The SMILES string of the molecule is CCCCN(CC)CCNC(=O)C1c2ccccc2C(=O)N(C)C1c1cccs1. The number of nitrogens with one attached hydrogen (secondary N) is 1. The average molecular weight is 414 g/mol. The summed E-state index contributed by atoms with van der Waals surface area (Å²) in [6, 6.07) is 11.2. The van der Waals surface area contributed by atoms with Gasteiger partial charge in [0.15, 0.2) is 0 Å². The standard InChI is InChI=1S/C23H31N3O2S/c1-4-6-14-26(5-2)15-13-24-22(27)20-17-10-7-8-11-18(17)23(28)25(3)21(20)19-12-9-16-29-19/h7-12,16,20-21H,4-6,13-15H2,1-3H3,(H,24,27). The van der Waals surface area contributed by atoms with Crippen LogP contribution in [0, 0.1) is 0 Å². The van der Waals surface area contributed by atoms with Crippen molar-refractivity contribution in [3.63, 3.8) is 0 Å². The second-order valence-electron chi connectivity index (χ2n) is 7.52. The van der Waals surface area contributed by atoms with Gasteiger partial charge in [-0.3, -0.25) is 9.59 Å². The fraction of sp³-hybridized carbons (Fsp3) is 0.478. The lowest BCUT2D eigenvalue weighted by molar-refractivity contribution is -0.124. The number of unbranched alkanes of at least 4 members (excludes halogenated alkanes) is 1. The maximum atomic E-state index is 13.3. The molecule has 3 rings (SSSR count). The molecule has 0 fully saturated rings. The number of fused-ring (bicyclic) bond motifs is 1. The van der Waals surface area contributed by atoms with Crippen LogP contribution in [0.15, 0.2) is 41.8 Å². The minimum Gasteiger partial charge on any atom is -0.354 e. The van der Waals surface area contributed by atoms with Crippen LogP contribution in [0.5, 0.6) is 0 Å². The summed E-state index contributed by atoms with van der Waals surface area (Å²) in [7, 11) is 1.80. The molecule has 2 heterocycles. The summed E-state index contributed by atoms with van der Waals surface area (Å²) in [6.07, 6.45) is 2.34. The van der Waals surface area contributed by atoms with Crippen molar-refractivity contribution in [2.45, 2.75) is 38.6 Å². The van der Waals surface area contributed by atoms with Crippen molar-refractivity contribution in [2.75, 3.05) is 33.2 Å². The zero-order valence-electron chi connectivity index (χ0n) is 17.6. The molecule has 0 saturated heterocycles. The molecule has 0 saturated carbocycles. The van der Waals surface area contributed by atoms with E-state index in [1.165, 1.54) is 12.8 Å². The zero-order valence-corrected chi connectivity index (χ0v) is 18.4. The number of carbonyl (C=O) groups excluding carboxylic acids is 2. The normalized spacial score (nSPS) is 18.8. The monoisotopic (exact) mass is 413 g/mol. The Morgan fingerprint density at radius 3 is 2.66 bits per heavy atom. The highest BCUT2D eigenvalue weighted by Gasteiger charge is 2.42. The second-order valence-corrected chi connectivity index (χ2v) is 8.50. The van der Waals surface area contributed by atoms with Gasteiger partial charge in [-0.2, -0.15) is 0 Å². The van der Waals surface area contributed by atoms with Gasteiger partial charge in [-0.15, -0.1) is 11.3 Å². The van der Waals surface area contributed by atoms with Crippen LogP contribution < -0.4 is 5.32 Å². The number of nitrogens with zero attached hydrogens (tertiary/aromatic N) is 2. The third kappa shape index (κ3) is 4.70. The Balaban J connectivity index is 1.81. The molecule has 0 radical (unpaired) electrons. The number of rotatable bonds is 9. The number of thiophene rings is 1. The lowest BCUT2D eigenvalue weighted by Crippen LogP contribution is -2.46. The first kappa shape index (κ1) is 21.5. The third-order valence-electron chi connectivity index (χ3n) is 5.70. The molecule has 156 valence electrons. The van der Waals surface area contributed by atoms with Gasteiger partial charge in [0.2, 0.25) is 5.91 Å². The molecule has 0 spiro atoms. The Kier molecular flexibility index (Phi) is 7.45. The first-order chi connectivity index (χ1) is 14.1. The molecule has 2 amide bonds. The molecule has 0 aliphatic carbocycles. The van der Waals surface area contributed by atoms with E-state index in [1.807, 2.05) is 41.8 Å². The maximum Gasteiger partial charge on any atom is 0.254 e. The van der Waals surface area contributed by atoms with E-state index in [0.717, 1.165) is 30.1 Å². The summed E-state index contributed by atoms with van der Waals surface area (Å²) in [6.45, 7) is 7.85. The Bertz CT molecular complexity index is 821. The van der Waals surface area contributed by atoms with E-state index in [9.17, 15) is 9.59 Å². The second kappa shape index (κ2) is 10.0. The largest absolute Gasteiger partial charge is 0.354 e. The summed E-state index contributed by atoms with van der Waals surface area (Å²) in [5.74, 6) is -0.445. The molecule has 2 atom stereocenters. The highest BCUT2D eigenvalue weighted by Crippen LogP contribution is 2.43. The van der Waals surface area contributed by atoms with Crippen molar-refractivity contribution in [1.29, 1.82) is 0 Å². The highest BCUT2D eigenvalue weighted by molar-refractivity contribution is 7.10. The minimum atomic E-state index is -0.404. The van der Waals surface area contributed by atoms with Crippen molar-refractivity contribution >= 4 is 23.2 Å². The number of hydrogen-bond acceptors (Lipinski definition) is 4. The molecular formula is C23H31N3O2S. The fourth-order valence-corrected chi connectivity index (χ4v) is 4.93. The molecule has 2 aromatic rings. The summed E-state index contributed by atoms with van der Waals surface area (Å²) >= 11 is 1.59. The number of carbonyl (C=O) groups is 2. The van der Waals surface area contributed by atoms with E-state index >= 15 is 0 Å². The van der Waals surface area contributed by atoms with Gasteiger partial charge in [-0.1, -0.05) is 44.5 Å². The molecule has 29 heavy (non-hydrogen) atoms. The van der Waals surface area contributed by atoms with E-state index < -0.39 is 5.92 Å². The minimum absolute atomic E-state index is 0.0123. The molecule has 0 bridgehead atoms. The topological polar surface area (TPSA) is 52.7 Å². The van der Waals surface area contributed by atoms with Crippen molar-refractivity contribution in [1.82, 2.24) is 15.1 Å². The fourth-order valence-electron chi connectivity index (χ4n) is 4.03. The van der Waals surface area contributed by atoms with Gasteiger partial charge in [0, 0.05) is 30.6 Å². The molecule has 2 unspecified atom stereocenters. The number of likely N-dealkylation sites (N-methyl/N-ethyl adjacent to an activating group) is 2. The van der Waals surface area contributed by atoms with Crippen LogP contribution in [0.1, 0.15) is 59.4 Å². The van der Waals surface area contributed by atoms with Crippen LogP contribution in [-0.2, 0) is 4.79 Å². The lowest BCUT2D eigenvalue weighted by Gasteiger charge is -2.39. The number of benzene rings is 1. The highest BCUT2D eigenvalue weighted by atomic mass is 32.1. The van der Waals surface area contributed by atoms with Crippen molar-refractivity contribution < 1.29 is 9.59 Å². The van der Waals surface area contributed by atoms with E-state index in [0.29, 0.717) is 12.1 Å². The molecular weight excluding hydrogens is 382 g/mol. The predicted molar refractivity (Wildman–Crippen MR) is 118 cm³/mol. The van der Waals surface area contributed by atoms with Crippen molar-refractivity contribution in [3.05, 3.63) is 57.8 Å². The van der Waals surface area contributed by atoms with Gasteiger partial charge in [0.05, 0.1) is 12.0 Å². The van der Waals surface area contributed by atoms with Crippen LogP contribution in [0.4, 0.5) is 0 Å². The third-order valence-corrected chi connectivity index (χ3v) is 6.64. The van der Waals surface area contributed by atoms with Crippen molar-refractivity contribution in [3.8, 4) is 0 Å². The molecule has 1 aromatic heterocycles. The smallest absolute Gasteiger partial charge is 0.254 e. The lowest BCUT2D eigenvalue weighted by atomic mass is 9.82. The summed E-state index contributed by atoms with van der Waals surface area (Å²) < 4.78 is 0. The van der Waals surface area contributed by atoms with Crippen LogP contribution in [0.2, 0.25) is 0 Å². The molecule has 1 aliphatic rings. The van der Waals surface area contributed by atoms with E-state index in [-0.39, 0.29) is 17.9 Å². The quantitative estimate of drug-likeness (QED) is 0.678. The molecule has 1 N–H and O–H groups in total. The number of amides is 2.